The van der Waals surface area contributed by atoms with Crippen molar-refractivity contribution in [2.24, 2.45) is 0 Å². The van der Waals surface area contributed by atoms with E-state index >= 15 is 0 Å². The predicted octanol–water partition coefficient (Wildman–Crippen LogP) is 4.12. The number of carbonyl (C=O) groups is 1. The summed E-state index contributed by atoms with van der Waals surface area (Å²) in [6, 6.07) is 10.5. The number of hydrogen-bond donors (Lipinski definition) is 0. The fourth-order valence-electron chi connectivity index (χ4n) is 1.55. The van der Waals surface area contributed by atoms with Crippen molar-refractivity contribution in [3.63, 3.8) is 0 Å². The van der Waals surface area contributed by atoms with Gasteiger partial charge in [0.25, 0.3) is 5.95 Å². The minimum atomic E-state index is -0.828. The number of rotatable bonds is 3. The largest absolute Gasteiger partial charge is 0.516 e. The molecule has 1 aromatic heterocycles. The maximum atomic E-state index is 11.2. The van der Waals surface area contributed by atoms with E-state index in [1.807, 2.05) is 6.07 Å². The van der Waals surface area contributed by atoms with Crippen molar-refractivity contribution in [1.82, 2.24) is 0 Å². The lowest BCUT2D eigenvalue weighted by atomic mass is 10.1. The van der Waals surface area contributed by atoms with Crippen molar-refractivity contribution >= 4 is 22.1 Å². The maximum absolute atomic E-state index is 11.2. The summed E-state index contributed by atoms with van der Waals surface area (Å²) in [6.07, 6.45) is -0.828. The SMILES string of the molecule is CCOC(=O)Oc1cc(Br)c(-c2cccc(C#N)c2)o1. The highest BCUT2D eigenvalue weighted by Gasteiger charge is 2.15. The zero-order valence-corrected chi connectivity index (χ0v) is 12.1. The van der Waals surface area contributed by atoms with E-state index in [1.165, 1.54) is 6.07 Å². The number of halogens is 1. The van der Waals surface area contributed by atoms with Crippen LogP contribution in [-0.4, -0.2) is 12.8 Å². The molecule has 0 amide bonds. The lowest BCUT2D eigenvalue weighted by Gasteiger charge is -2.00. The van der Waals surface area contributed by atoms with Gasteiger partial charge in [0, 0.05) is 11.6 Å². The van der Waals surface area contributed by atoms with Gasteiger partial charge in [-0.15, -0.1) is 0 Å². The molecule has 0 atom stereocenters. The molecule has 0 radical (unpaired) electrons. The van der Waals surface area contributed by atoms with E-state index in [2.05, 4.69) is 20.7 Å². The van der Waals surface area contributed by atoms with E-state index in [0.717, 1.165) is 0 Å². The van der Waals surface area contributed by atoms with Gasteiger partial charge in [0.15, 0.2) is 5.76 Å². The number of furan rings is 1. The molecule has 0 saturated heterocycles. The number of nitrogens with zero attached hydrogens (tertiary/aromatic N) is 1. The Kier molecular flexibility index (Phi) is 4.43. The molecule has 102 valence electrons. The highest BCUT2D eigenvalue weighted by Crippen LogP contribution is 2.35. The van der Waals surface area contributed by atoms with Gasteiger partial charge in [0.1, 0.15) is 0 Å². The highest BCUT2D eigenvalue weighted by molar-refractivity contribution is 9.10. The van der Waals surface area contributed by atoms with Crippen LogP contribution in [0.4, 0.5) is 4.79 Å². The predicted molar refractivity (Wildman–Crippen MR) is 74.2 cm³/mol. The summed E-state index contributed by atoms with van der Waals surface area (Å²) in [6.45, 7) is 1.90. The molecule has 2 aromatic rings. The normalized spacial score (nSPS) is 9.85. The van der Waals surface area contributed by atoms with Crippen LogP contribution in [0.5, 0.6) is 5.95 Å². The molecule has 6 heteroatoms. The highest BCUT2D eigenvalue weighted by atomic mass is 79.9. The molecule has 0 fully saturated rings. The monoisotopic (exact) mass is 335 g/mol. The van der Waals surface area contributed by atoms with Crippen molar-refractivity contribution in [2.45, 2.75) is 6.92 Å². The molecular weight excluding hydrogens is 326 g/mol. The molecule has 0 saturated carbocycles. The molecule has 0 unspecified atom stereocenters. The van der Waals surface area contributed by atoms with Crippen molar-refractivity contribution in [3.05, 3.63) is 40.4 Å². The molecule has 0 aliphatic carbocycles. The fourth-order valence-corrected chi connectivity index (χ4v) is 2.05. The first kappa shape index (κ1) is 14.2. The van der Waals surface area contributed by atoms with E-state index in [0.29, 0.717) is 21.4 Å². The lowest BCUT2D eigenvalue weighted by Crippen LogP contribution is -2.09. The third kappa shape index (κ3) is 3.19. The van der Waals surface area contributed by atoms with Crippen molar-refractivity contribution in [1.29, 1.82) is 5.26 Å². The number of hydrogen-bond acceptors (Lipinski definition) is 5. The van der Waals surface area contributed by atoms with Gasteiger partial charge in [-0.25, -0.2) is 4.79 Å². The summed E-state index contributed by atoms with van der Waals surface area (Å²) < 4.78 is 15.6. The van der Waals surface area contributed by atoms with Crippen LogP contribution in [0.2, 0.25) is 0 Å². The van der Waals surface area contributed by atoms with Crippen LogP contribution in [0.25, 0.3) is 11.3 Å². The van der Waals surface area contributed by atoms with Gasteiger partial charge in [-0.2, -0.15) is 5.26 Å². The zero-order chi connectivity index (χ0) is 14.5. The van der Waals surface area contributed by atoms with E-state index in [-0.39, 0.29) is 12.6 Å². The van der Waals surface area contributed by atoms with Crippen LogP contribution in [0.1, 0.15) is 12.5 Å². The average Bonchev–Trinajstić information content (AvgIpc) is 2.79. The van der Waals surface area contributed by atoms with Gasteiger partial charge in [-0.1, -0.05) is 12.1 Å². The number of nitriles is 1. The molecule has 20 heavy (non-hydrogen) atoms. The Bertz CT molecular complexity index is 672. The first-order valence-corrected chi connectivity index (χ1v) is 6.57. The summed E-state index contributed by atoms with van der Waals surface area (Å²) in [5.74, 6) is 0.495. The minimum absolute atomic E-state index is 0.0210. The first-order chi connectivity index (χ1) is 9.63. The summed E-state index contributed by atoms with van der Waals surface area (Å²) in [4.78, 5) is 11.2. The molecule has 0 N–H and O–H groups in total. The second kappa shape index (κ2) is 6.26. The maximum Gasteiger partial charge on any atom is 0.516 e. The Balaban J connectivity index is 2.27. The zero-order valence-electron chi connectivity index (χ0n) is 10.6. The molecular formula is C14H10BrNO4. The Morgan fingerprint density at radius 3 is 2.95 bits per heavy atom. The van der Waals surface area contributed by atoms with Crippen LogP contribution in [0, 0.1) is 11.3 Å². The molecule has 2 rings (SSSR count). The number of benzene rings is 1. The molecule has 1 heterocycles. The first-order valence-electron chi connectivity index (χ1n) is 5.78. The van der Waals surface area contributed by atoms with Crippen LogP contribution in [-0.2, 0) is 4.74 Å². The Hall–Kier alpha value is -2.26. The van der Waals surface area contributed by atoms with Gasteiger partial charge in [0.05, 0.1) is 22.7 Å². The van der Waals surface area contributed by atoms with Crippen LogP contribution >= 0.6 is 15.9 Å². The van der Waals surface area contributed by atoms with E-state index in [4.69, 9.17) is 14.4 Å². The minimum Gasteiger partial charge on any atom is -0.434 e. The second-order valence-electron chi connectivity index (χ2n) is 3.72. The Morgan fingerprint density at radius 2 is 2.25 bits per heavy atom. The average molecular weight is 336 g/mol. The van der Waals surface area contributed by atoms with Crippen LogP contribution in [0.15, 0.2) is 39.2 Å². The van der Waals surface area contributed by atoms with Crippen LogP contribution in [0.3, 0.4) is 0 Å². The van der Waals surface area contributed by atoms with Gasteiger partial charge < -0.3 is 13.9 Å². The summed E-state index contributed by atoms with van der Waals surface area (Å²) in [5, 5.41) is 8.88. The second-order valence-corrected chi connectivity index (χ2v) is 4.57. The quantitative estimate of drug-likeness (QED) is 0.789. The smallest absolute Gasteiger partial charge is 0.434 e. The van der Waals surface area contributed by atoms with Gasteiger partial charge in [0.2, 0.25) is 0 Å². The van der Waals surface area contributed by atoms with Crippen molar-refractivity contribution in [2.75, 3.05) is 6.61 Å². The van der Waals surface area contributed by atoms with Gasteiger partial charge in [-0.05, 0) is 35.0 Å². The fraction of sp³-hybridized carbons (Fsp3) is 0.143. The molecule has 1 aromatic carbocycles. The van der Waals surface area contributed by atoms with Crippen LogP contribution < -0.4 is 4.74 Å². The van der Waals surface area contributed by atoms with Gasteiger partial charge in [-0.3, -0.25) is 0 Å². The summed E-state index contributed by atoms with van der Waals surface area (Å²) in [5.41, 5.74) is 1.22. The summed E-state index contributed by atoms with van der Waals surface area (Å²) in [7, 11) is 0. The Labute approximate surface area is 123 Å². The van der Waals surface area contributed by atoms with Crippen molar-refractivity contribution < 1.29 is 18.7 Å². The summed E-state index contributed by atoms with van der Waals surface area (Å²) >= 11 is 3.32. The Morgan fingerprint density at radius 1 is 1.45 bits per heavy atom. The molecule has 0 spiro atoms. The lowest BCUT2D eigenvalue weighted by molar-refractivity contribution is 0.0952. The van der Waals surface area contributed by atoms with E-state index in [1.54, 1.807) is 31.2 Å². The van der Waals surface area contributed by atoms with Crippen molar-refractivity contribution in [3.8, 4) is 23.3 Å². The number of carbonyl (C=O) groups excluding carboxylic acids is 1. The molecule has 0 aliphatic rings. The third-order valence-corrected chi connectivity index (χ3v) is 2.95. The van der Waals surface area contributed by atoms with E-state index < -0.39 is 6.16 Å². The topological polar surface area (TPSA) is 72.5 Å². The van der Waals surface area contributed by atoms with Gasteiger partial charge >= 0.3 is 6.16 Å². The molecule has 0 aliphatic heterocycles. The molecule has 0 bridgehead atoms. The number of ether oxygens (including phenoxy) is 2. The van der Waals surface area contributed by atoms with E-state index in [9.17, 15) is 4.79 Å². The molecule has 5 nitrogen and oxygen atoms in total. The third-order valence-electron chi connectivity index (χ3n) is 2.36. The standard InChI is InChI=1S/C14H10BrNO4/c1-2-18-14(17)20-12-7-11(15)13(19-12)10-5-3-4-9(6-10)8-16/h3-7H,2H2,1H3.